The highest BCUT2D eigenvalue weighted by Crippen LogP contribution is 2.12. The number of hydrogen-bond donors (Lipinski definition) is 2. The maximum absolute atomic E-state index is 12.8. The van der Waals surface area contributed by atoms with Gasteiger partial charge >= 0.3 is 0 Å². The molecule has 1 unspecified atom stereocenters. The second-order valence-corrected chi connectivity index (χ2v) is 4.17. The van der Waals surface area contributed by atoms with Crippen LogP contribution < -0.4 is 10.6 Å². The third-order valence-corrected chi connectivity index (χ3v) is 2.92. The molecule has 0 aromatic heterocycles. The first-order valence-corrected chi connectivity index (χ1v) is 5.52. The van der Waals surface area contributed by atoms with Gasteiger partial charge in [0, 0.05) is 26.1 Å². The molecular weight excluding hydrogens is 235 g/mol. The fraction of sp³-hybridized carbons (Fsp3) is 0.900. The number of carbonyl (C=O) groups is 1. The molecule has 2 fully saturated rings. The molecule has 0 radical (unpaired) electrons. The Kier molecular flexibility index (Phi) is 5.44. The number of rotatable bonds is 3. The number of ether oxygens (including phenoxy) is 1. The van der Waals surface area contributed by atoms with E-state index in [1.54, 1.807) is 0 Å². The van der Waals surface area contributed by atoms with Crippen molar-refractivity contribution in [2.24, 2.45) is 0 Å². The van der Waals surface area contributed by atoms with E-state index in [1.165, 1.54) is 0 Å². The normalized spacial score (nSPS) is 33.4. The fourth-order valence-corrected chi connectivity index (χ4v) is 2.04. The maximum Gasteiger partial charge on any atom is 0.237 e. The lowest BCUT2D eigenvalue weighted by Crippen LogP contribution is -2.43. The first kappa shape index (κ1) is 13.7. The van der Waals surface area contributed by atoms with Crippen molar-refractivity contribution in [3.8, 4) is 0 Å². The minimum Gasteiger partial charge on any atom is -0.376 e. The number of carbonyl (C=O) groups excluding carboxylic acids is 1. The molecule has 3 atom stereocenters. The zero-order valence-corrected chi connectivity index (χ0v) is 9.89. The number of hydrogen-bond acceptors (Lipinski definition) is 3. The minimum atomic E-state index is -0.886. The first-order chi connectivity index (χ1) is 7.25. The van der Waals surface area contributed by atoms with Crippen LogP contribution in [-0.4, -0.2) is 43.9 Å². The van der Waals surface area contributed by atoms with Crippen LogP contribution in [0.4, 0.5) is 4.39 Å². The van der Waals surface area contributed by atoms with Crippen LogP contribution in [0.1, 0.15) is 19.3 Å². The third kappa shape index (κ3) is 3.57. The molecule has 0 aromatic carbocycles. The zero-order chi connectivity index (χ0) is 10.7. The van der Waals surface area contributed by atoms with Crippen molar-refractivity contribution in [2.75, 3.05) is 19.7 Å². The molecule has 16 heavy (non-hydrogen) atoms. The van der Waals surface area contributed by atoms with Gasteiger partial charge in [0.25, 0.3) is 0 Å². The molecular formula is C10H18ClFN2O2. The van der Waals surface area contributed by atoms with Crippen LogP contribution in [0, 0.1) is 0 Å². The summed E-state index contributed by atoms with van der Waals surface area (Å²) in [5.74, 6) is -0.106. The van der Waals surface area contributed by atoms with E-state index in [0.29, 0.717) is 6.54 Å². The van der Waals surface area contributed by atoms with Gasteiger partial charge in [-0.05, 0) is 12.8 Å². The van der Waals surface area contributed by atoms with Crippen LogP contribution in [0.3, 0.4) is 0 Å². The molecule has 94 valence electrons. The number of alkyl halides is 1. The lowest BCUT2D eigenvalue weighted by molar-refractivity contribution is -0.123. The summed E-state index contributed by atoms with van der Waals surface area (Å²) in [6.07, 6.45) is 1.62. The van der Waals surface area contributed by atoms with E-state index in [1.807, 2.05) is 0 Å². The zero-order valence-electron chi connectivity index (χ0n) is 9.08. The maximum atomic E-state index is 12.8. The van der Waals surface area contributed by atoms with Crippen molar-refractivity contribution in [1.29, 1.82) is 0 Å². The van der Waals surface area contributed by atoms with Crippen LogP contribution >= 0.6 is 12.4 Å². The average molecular weight is 253 g/mol. The molecule has 0 bridgehead atoms. The van der Waals surface area contributed by atoms with Crippen LogP contribution in [0.2, 0.25) is 0 Å². The summed E-state index contributed by atoms with van der Waals surface area (Å²) in [5.41, 5.74) is 0. The van der Waals surface area contributed by atoms with E-state index < -0.39 is 6.17 Å². The van der Waals surface area contributed by atoms with Gasteiger partial charge in [0.05, 0.1) is 12.1 Å². The molecule has 0 spiro atoms. The second-order valence-electron chi connectivity index (χ2n) is 4.17. The van der Waals surface area contributed by atoms with Gasteiger partial charge in [-0.3, -0.25) is 4.79 Å². The third-order valence-electron chi connectivity index (χ3n) is 2.92. The van der Waals surface area contributed by atoms with Crippen molar-refractivity contribution in [2.45, 2.75) is 37.6 Å². The predicted octanol–water partition coefficient (Wildman–Crippen LogP) is 0.403. The van der Waals surface area contributed by atoms with E-state index >= 15 is 0 Å². The number of nitrogens with one attached hydrogen (secondary N) is 2. The summed E-state index contributed by atoms with van der Waals surface area (Å²) in [5, 5.41) is 5.65. The van der Waals surface area contributed by atoms with Crippen LogP contribution in [0.25, 0.3) is 0 Å². The molecule has 2 rings (SSSR count). The molecule has 2 saturated heterocycles. The molecule has 1 amide bonds. The second kappa shape index (κ2) is 6.37. The van der Waals surface area contributed by atoms with Gasteiger partial charge in [-0.25, -0.2) is 4.39 Å². The van der Waals surface area contributed by atoms with Crippen LogP contribution in [0.15, 0.2) is 0 Å². The quantitative estimate of drug-likeness (QED) is 0.765. The highest BCUT2D eigenvalue weighted by molar-refractivity contribution is 5.85. The monoisotopic (exact) mass is 252 g/mol. The van der Waals surface area contributed by atoms with Crippen molar-refractivity contribution in [3.63, 3.8) is 0 Å². The van der Waals surface area contributed by atoms with Gasteiger partial charge < -0.3 is 15.4 Å². The summed E-state index contributed by atoms with van der Waals surface area (Å²) < 4.78 is 18.2. The Bertz CT molecular complexity index is 237. The Morgan fingerprint density at radius 2 is 2.38 bits per heavy atom. The minimum absolute atomic E-state index is 0. The van der Waals surface area contributed by atoms with Gasteiger partial charge in [0.15, 0.2) is 0 Å². The largest absolute Gasteiger partial charge is 0.376 e. The Labute approximate surface area is 101 Å². The van der Waals surface area contributed by atoms with Gasteiger partial charge in [-0.15, -0.1) is 12.4 Å². The van der Waals surface area contributed by atoms with Gasteiger partial charge in [0.1, 0.15) is 6.17 Å². The molecule has 2 heterocycles. The predicted molar refractivity (Wildman–Crippen MR) is 60.5 cm³/mol. The standard InChI is InChI=1S/C10H17FN2O2.ClH/c11-7-4-9(12-5-7)10(14)13-6-8-2-1-3-15-8;/h7-9,12H,1-6H2,(H,13,14);1H/t7-,8?,9+;/m0./s1. The smallest absolute Gasteiger partial charge is 0.237 e. The highest BCUT2D eigenvalue weighted by Gasteiger charge is 2.29. The van der Waals surface area contributed by atoms with Crippen molar-refractivity contribution >= 4 is 18.3 Å². The highest BCUT2D eigenvalue weighted by atomic mass is 35.5. The fourth-order valence-electron chi connectivity index (χ4n) is 2.04. The molecule has 0 aliphatic carbocycles. The van der Waals surface area contributed by atoms with Crippen molar-refractivity contribution in [3.05, 3.63) is 0 Å². The summed E-state index contributed by atoms with van der Waals surface area (Å²) >= 11 is 0. The Morgan fingerprint density at radius 3 is 2.94 bits per heavy atom. The Hall–Kier alpha value is -0.390. The summed E-state index contributed by atoms with van der Waals surface area (Å²) in [4.78, 5) is 11.6. The summed E-state index contributed by atoms with van der Waals surface area (Å²) in [6, 6.07) is -0.360. The van der Waals surface area contributed by atoms with Gasteiger partial charge in [0.2, 0.25) is 5.91 Å². The van der Waals surface area contributed by atoms with E-state index in [-0.39, 0.29) is 43.4 Å². The molecule has 0 saturated carbocycles. The first-order valence-electron chi connectivity index (χ1n) is 5.52. The Morgan fingerprint density at radius 1 is 1.56 bits per heavy atom. The van der Waals surface area contributed by atoms with Gasteiger partial charge in [-0.2, -0.15) is 0 Å². The van der Waals surface area contributed by atoms with Crippen molar-refractivity contribution in [1.82, 2.24) is 10.6 Å². The van der Waals surface area contributed by atoms with E-state index in [9.17, 15) is 9.18 Å². The Balaban J connectivity index is 0.00000128. The molecule has 4 nitrogen and oxygen atoms in total. The average Bonchev–Trinajstić information content (AvgIpc) is 2.84. The van der Waals surface area contributed by atoms with E-state index in [4.69, 9.17) is 4.74 Å². The van der Waals surface area contributed by atoms with Crippen LogP contribution in [-0.2, 0) is 9.53 Å². The lowest BCUT2D eigenvalue weighted by Gasteiger charge is -2.14. The molecule has 2 aliphatic heterocycles. The molecule has 2 N–H and O–H groups in total. The van der Waals surface area contributed by atoms with E-state index in [2.05, 4.69) is 10.6 Å². The lowest BCUT2D eigenvalue weighted by atomic mass is 10.2. The van der Waals surface area contributed by atoms with E-state index in [0.717, 1.165) is 19.4 Å². The van der Waals surface area contributed by atoms with Crippen molar-refractivity contribution < 1.29 is 13.9 Å². The molecule has 0 aromatic rings. The SMILES string of the molecule is Cl.O=C(NCC1CCCO1)[C@H]1C[C@H](F)CN1. The molecule has 6 heteroatoms. The number of halogens is 2. The summed E-state index contributed by atoms with van der Waals surface area (Å²) in [7, 11) is 0. The van der Waals surface area contributed by atoms with Crippen LogP contribution in [0.5, 0.6) is 0 Å². The molecule has 2 aliphatic rings. The number of amides is 1. The topological polar surface area (TPSA) is 50.4 Å². The van der Waals surface area contributed by atoms with Gasteiger partial charge in [-0.1, -0.05) is 0 Å². The summed E-state index contributed by atoms with van der Waals surface area (Å²) in [6.45, 7) is 1.63.